The highest BCUT2D eigenvalue weighted by Gasteiger charge is 2.23. The average Bonchev–Trinajstić information content (AvgIpc) is 3.21. The van der Waals surface area contributed by atoms with Crippen LogP contribution in [-0.4, -0.2) is 43.1 Å². The summed E-state index contributed by atoms with van der Waals surface area (Å²) in [5.41, 5.74) is 1.11. The summed E-state index contributed by atoms with van der Waals surface area (Å²) in [6.45, 7) is 2.30. The van der Waals surface area contributed by atoms with Crippen molar-refractivity contribution in [2.45, 2.75) is 18.6 Å². The van der Waals surface area contributed by atoms with Gasteiger partial charge in [0, 0.05) is 17.3 Å². The van der Waals surface area contributed by atoms with Gasteiger partial charge < -0.3 is 9.88 Å². The lowest BCUT2D eigenvalue weighted by atomic mass is 10.2. The highest BCUT2D eigenvalue weighted by molar-refractivity contribution is 7.98. The second-order valence-electron chi connectivity index (χ2n) is 6.94. The Hall–Kier alpha value is -3.17. The first-order valence-corrected chi connectivity index (χ1v) is 11.4. The molecule has 1 amide bonds. The van der Waals surface area contributed by atoms with Gasteiger partial charge in [-0.2, -0.15) is 0 Å². The molecule has 32 heavy (non-hydrogen) atoms. The first-order valence-electron chi connectivity index (χ1n) is 9.76. The molecule has 0 fully saturated rings. The van der Waals surface area contributed by atoms with E-state index >= 15 is 0 Å². The monoisotopic (exact) mass is 471 g/mol. The molecule has 0 saturated heterocycles. The molecule has 4 rings (SSSR count). The number of amides is 1. The second kappa shape index (κ2) is 9.13. The van der Waals surface area contributed by atoms with E-state index in [0.717, 1.165) is 0 Å². The van der Waals surface area contributed by atoms with Crippen molar-refractivity contribution in [3.63, 3.8) is 0 Å². The Kier molecular flexibility index (Phi) is 6.29. The van der Waals surface area contributed by atoms with Crippen molar-refractivity contribution in [2.75, 3.05) is 12.8 Å². The number of carbonyl (C=O) groups is 1. The summed E-state index contributed by atoms with van der Waals surface area (Å²) in [5, 5.41) is 1.49. The Morgan fingerprint density at radius 1 is 1.25 bits per heavy atom. The van der Waals surface area contributed by atoms with Crippen LogP contribution in [0.1, 0.15) is 23.2 Å². The molecular formula is C22H19ClFN5O2S. The molecule has 0 aliphatic heterocycles. The SMILES string of the molecule is CCN(Cc1nc2cc(Cl)ccc2c(=O)[nH]1)C(=O)c1cnc(SC)n1-c1ccc(F)cc1. The summed E-state index contributed by atoms with van der Waals surface area (Å²) in [4.78, 5) is 39.0. The molecule has 0 unspecified atom stereocenters. The summed E-state index contributed by atoms with van der Waals surface area (Å²) in [6.07, 6.45) is 3.35. The molecule has 0 spiro atoms. The third kappa shape index (κ3) is 4.26. The van der Waals surface area contributed by atoms with Crippen molar-refractivity contribution in [1.29, 1.82) is 0 Å². The number of thioether (sulfide) groups is 1. The van der Waals surface area contributed by atoms with Gasteiger partial charge in [-0.25, -0.2) is 14.4 Å². The van der Waals surface area contributed by atoms with Crippen LogP contribution in [0.2, 0.25) is 5.02 Å². The van der Waals surface area contributed by atoms with Crippen molar-refractivity contribution in [3.8, 4) is 5.69 Å². The van der Waals surface area contributed by atoms with Crippen LogP contribution in [0.3, 0.4) is 0 Å². The zero-order chi connectivity index (χ0) is 22.8. The zero-order valence-corrected chi connectivity index (χ0v) is 18.9. The van der Waals surface area contributed by atoms with Crippen LogP contribution in [-0.2, 0) is 6.54 Å². The number of halogens is 2. The number of benzene rings is 2. The number of nitrogens with one attached hydrogen (secondary N) is 1. The molecule has 0 saturated carbocycles. The zero-order valence-electron chi connectivity index (χ0n) is 17.3. The molecule has 10 heteroatoms. The second-order valence-corrected chi connectivity index (χ2v) is 8.15. The topological polar surface area (TPSA) is 83.9 Å². The molecule has 2 heterocycles. The maximum Gasteiger partial charge on any atom is 0.272 e. The van der Waals surface area contributed by atoms with Crippen LogP contribution in [0.4, 0.5) is 4.39 Å². The largest absolute Gasteiger partial charge is 0.330 e. The van der Waals surface area contributed by atoms with E-state index in [0.29, 0.717) is 44.8 Å². The Balaban J connectivity index is 1.70. The van der Waals surface area contributed by atoms with Gasteiger partial charge in [0.25, 0.3) is 11.5 Å². The van der Waals surface area contributed by atoms with E-state index < -0.39 is 0 Å². The number of rotatable bonds is 6. The molecule has 0 bridgehead atoms. The minimum absolute atomic E-state index is 0.0935. The van der Waals surface area contributed by atoms with Crippen molar-refractivity contribution < 1.29 is 9.18 Å². The smallest absolute Gasteiger partial charge is 0.272 e. The van der Waals surface area contributed by atoms with E-state index in [1.807, 2.05) is 13.2 Å². The molecular weight excluding hydrogens is 453 g/mol. The highest BCUT2D eigenvalue weighted by Crippen LogP contribution is 2.23. The van der Waals surface area contributed by atoms with Crippen molar-refractivity contribution in [3.05, 3.63) is 81.4 Å². The fourth-order valence-electron chi connectivity index (χ4n) is 3.38. The Morgan fingerprint density at radius 3 is 2.69 bits per heavy atom. The van der Waals surface area contributed by atoms with E-state index in [4.69, 9.17) is 11.6 Å². The normalized spacial score (nSPS) is 11.1. The van der Waals surface area contributed by atoms with Crippen LogP contribution >= 0.6 is 23.4 Å². The van der Waals surface area contributed by atoms with Gasteiger partial charge in [-0.3, -0.25) is 14.2 Å². The van der Waals surface area contributed by atoms with E-state index in [9.17, 15) is 14.0 Å². The third-order valence-electron chi connectivity index (χ3n) is 4.94. The van der Waals surface area contributed by atoms with Gasteiger partial charge in [0.1, 0.15) is 17.3 Å². The predicted octanol–water partition coefficient (Wildman–Crippen LogP) is 4.29. The minimum atomic E-state index is -0.367. The Bertz CT molecular complexity index is 1350. The van der Waals surface area contributed by atoms with Gasteiger partial charge in [-0.05, 0) is 55.6 Å². The number of nitrogens with zero attached hydrogens (tertiary/aromatic N) is 4. The van der Waals surface area contributed by atoms with Gasteiger partial charge in [0.15, 0.2) is 5.16 Å². The summed E-state index contributed by atoms with van der Waals surface area (Å²) < 4.78 is 15.1. The number of carbonyl (C=O) groups excluding carboxylic acids is 1. The molecule has 1 N–H and O–H groups in total. The molecule has 0 aliphatic carbocycles. The first-order chi connectivity index (χ1) is 15.4. The molecule has 0 aliphatic rings. The van der Waals surface area contributed by atoms with Crippen LogP contribution in [0.5, 0.6) is 0 Å². The van der Waals surface area contributed by atoms with Crippen LogP contribution < -0.4 is 5.56 Å². The fraction of sp³-hybridized carbons (Fsp3) is 0.182. The molecule has 4 aromatic rings. The van der Waals surface area contributed by atoms with E-state index in [2.05, 4.69) is 15.0 Å². The van der Waals surface area contributed by atoms with Gasteiger partial charge in [0.2, 0.25) is 0 Å². The summed E-state index contributed by atoms with van der Waals surface area (Å²) in [7, 11) is 0. The number of hydrogen-bond donors (Lipinski definition) is 1. The summed E-state index contributed by atoms with van der Waals surface area (Å²) in [5.74, 6) is -0.314. The molecule has 164 valence electrons. The maximum absolute atomic E-state index is 13.4. The van der Waals surface area contributed by atoms with Gasteiger partial charge in [-0.15, -0.1) is 0 Å². The van der Waals surface area contributed by atoms with Crippen LogP contribution in [0, 0.1) is 5.82 Å². The molecule has 0 atom stereocenters. The van der Waals surface area contributed by atoms with Crippen LogP contribution in [0.15, 0.2) is 58.6 Å². The maximum atomic E-state index is 13.4. The van der Waals surface area contributed by atoms with E-state index in [-0.39, 0.29) is 23.8 Å². The molecule has 0 radical (unpaired) electrons. The number of H-pyrrole nitrogens is 1. The molecule has 2 aromatic heterocycles. The Labute approximate surface area is 192 Å². The number of hydrogen-bond acceptors (Lipinski definition) is 5. The predicted molar refractivity (Wildman–Crippen MR) is 123 cm³/mol. The van der Waals surface area contributed by atoms with Gasteiger partial charge >= 0.3 is 0 Å². The summed E-state index contributed by atoms with van der Waals surface area (Å²) >= 11 is 7.41. The Morgan fingerprint density at radius 2 is 2.00 bits per heavy atom. The first kappa shape index (κ1) is 22.0. The van der Waals surface area contributed by atoms with E-state index in [1.165, 1.54) is 30.1 Å². The lowest BCUT2D eigenvalue weighted by Gasteiger charge is -2.21. The lowest BCUT2D eigenvalue weighted by Crippen LogP contribution is -2.33. The minimum Gasteiger partial charge on any atom is -0.330 e. The van der Waals surface area contributed by atoms with Crippen molar-refractivity contribution in [1.82, 2.24) is 24.4 Å². The number of imidazole rings is 1. The van der Waals surface area contributed by atoms with Crippen molar-refractivity contribution in [2.24, 2.45) is 0 Å². The third-order valence-corrected chi connectivity index (χ3v) is 5.83. The number of aromatic amines is 1. The highest BCUT2D eigenvalue weighted by atomic mass is 35.5. The van der Waals surface area contributed by atoms with Gasteiger partial charge in [-0.1, -0.05) is 23.4 Å². The average molecular weight is 472 g/mol. The van der Waals surface area contributed by atoms with Crippen LogP contribution in [0.25, 0.3) is 16.6 Å². The molecule has 7 nitrogen and oxygen atoms in total. The summed E-state index contributed by atoms with van der Waals surface area (Å²) in [6, 6.07) is 10.7. The standard InChI is InChI=1S/C22H19ClFN5O2S/c1-3-28(12-19-26-17-10-13(23)4-9-16(17)20(30)27-19)21(31)18-11-25-22(32-2)29(18)15-7-5-14(24)6-8-15/h4-11H,3,12H2,1-2H3,(H,26,27,30). The number of aromatic nitrogens is 4. The fourth-order valence-corrected chi connectivity index (χ4v) is 4.09. The quantitative estimate of drug-likeness (QED) is 0.424. The number of fused-ring (bicyclic) bond motifs is 1. The lowest BCUT2D eigenvalue weighted by molar-refractivity contribution is 0.0739. The molecule has 2 aromatic carbocycles. The van der Waals surface area contributed by atoms with E-state index in [1.54, 1.807) is 39.8 Å². The van der Waals surface area contributed by atoms with Crippen molar-refractivity contribution >= 4 is 40.2 Å². The van der Waals surface area contributed by atoms with Gasteiger partial charge in [0.05, 0.1) is 23.6 Å².